The molecule has 0 saturated carbocycles. The van der Waals surface area contributed by atoms with Crippen LogP contribution in [0.5, 0.6) is 11.5 Å². The average Bonchev–Trinajstić information content (AvgIpc) is 2.53. The first-order chi connectivity index (χ1) is 11.5. The summed E-state index contributed by atoms with van der Waals surface area (Å²) in [4.78, 5) is 12.2. The van der Waals surface area contributed by atoms with Crippen LogP contribution in [-0.2, 0) is 6.61 Å². The van der Waals surface area contributed by atoms with Crippen LogP contribution in [0.1, 0.15) is 36.7 Å². The third-order valence-electron chi connectivity index (χ3n) is 3.23. The van der Waals surface area contributed by atoms with Crippen LogP contribution in [0.25, 0.3) is 0 Å². The number of nitrogens with one attached hydrogen (secondary N) is 1. The topological polar surface area (TPSA) is 47.6 Å². The summed E-state index contributed by atoms with van der Waals surface area (Å²) in [6.45, 7) is 6.60. The molecule has 0 aromatic heterocycles. The van der Waals surface area contributed by atoms with Crippen molar-refractivity contribution in [1.82, 2.24) is 5.32 Å². The fourth-order valence-corrected chi connectivity index (χ4v) is 2.37. The Balaban J connectivity index is 2.19. The van der Waals surface area contributed by atoms with Gasteiger partial charge in [0.25, 0.3) is 5.91 Å². The minimum absolute atomic E-state index is 0.0789. The predicted molar refractivity (Wildman–Crippen MR) is 96.0 cm³/mol. The van der Waals surface area contributed by atoms with Crippen molar-refractivity contribution in [2.75, 3.05) is 6.61 Å². The molecule has 0 atom stereocenters. The Labute approximate surface area is 147 Å². The molecule has 0 fully saturated rings. The molecule has 1 amide bonds. The highest BCUT2D eigenvalue weighted by molar-refractivity contribution is 6.30. The van der Waals surface area contributed by atoms with Crippen molar-refractivity contribution in [3.05, 3.63) is 58.6 Å². The number of hydrogen-bond donors (Lipinski definition) is 1. The van der Waals surface area contributed by atoms with E-state index in [1.807, 2.05) is 32.9 Å². The zero-order valence-corrected chi connectivity index (χ0v) is 14.9. The molecular formula is C19H22ClNO3. The molecule has 0 spiro atoms. The maximum absolute atomic E-state index is 12.2. The van der Waals surface area contributed by atoms with Crippen molar-refractivity contribution in [2.45, 2.75) is 33.4 Å². The second-order valence-electron chi connectivity index (χ2n) is 5.63. The van der Waals surface area contributed by atoms with Crippen LogP contribution < -0.4 is 14.8 Å². The zero-order valence-electron chi connectivity index (χ0n) is 14.1. The van der Waals surface area contributed by atoms with Gasteiger partial charge in [-0.15, -0.1) is 0 Å². The molecule has 2 aromatic rings. The molecule has 5 heteroatoms. The van der Waals surface area contributed by atoms with Gasteiger partial charge >= 0.3 is 0 Å². The molecule has 0 radical (unpaired) electrons. The van der Waals surface area contributed by atoms with Gasteiger partial charge in [0.05, 0.1) is 6.61 Å². The molecule has 24 heavy (non-hydrogen) atoms. The van der Waals surface area contributed by atoms with Crippen LogP contribution in [0.4, 0.5) is 0 Å². The lowest BCUT2D eigenvalue weighted by Crippen LogP contribution is -2.30. The smallest absolute Gasteiger partial charge is 0.251 e. The van der Waals surface area contributed by atoms with Gasteiger partial charge in [-0.25, -0.2) is 0 Å². The molecular weight excluding hydrogens is 326 g/mol. The van der Waals surface area contributed by atoms with Gasteiger partial charge in [-0.1, -0.05) is 17.7 Å². The van der Waals surface area contributed by atoms with E-state index in [0.29, 0.717) is 35.3 Å². The van der Waals surface area contributed by atoms with E-state index in [0.717, 1.165) is 5.56 Å². The Morgan fingerprint density at radius 2 is 1.96 bits per heavy atom. The molecule has 2 aromatic carbocycles. The van der Waals surface area contributed by atoms with Crippen LogP contribution >= 0.6 is 11.6 Å². The SMILES string of the molecule is CCOc1ccc(C(=O)NC(C)C)cc1COc1cccc(Cl)c1. The summed E-state index contributed by atoms with van der Waals surface area (Å²) in [7, 11) is 0. The molecule has 128 valence electrons. The molecule has 0 aliphatic rings. The highest BCUT2D eigenvalue weighted by atomic mass is 35.5. The van der Waals surface area contributed by atoms with Gasteiger partial charge in [0.1, 0.15) is 18.1 Å². The highest BCUT2D eigenvalue weighted by Gasteiger charge is 2.12. The number of benzene rings is 2. The Morgan fingerprint density at radius 3 is 2.62 bits per heavy atom. The van der Waals surface area contributed by atoms with Gasteiger partial charge in [0, 0.05) is 22.2 Å². The van der Waals surface area contributed by atoms with E-state index in [-0.39, 0.29) is 11.9 Å². The summed E-state index contributed by atoms with van der Waals surface area (Å²) < 4.78 is 11.4. The first-order valence-corrected chi connectivity index (χ1v) is 8.32. The Hall–Kier alpha value is -2.20. The van der Waals surface area contributed by atoms with Crippen molar-refractivity contribution in [1.29, 1.82) is 0 Å². The summed E-state index contributed by atoms with van der Waals surface area (Å²) in [5, 5.41) is 3.49. The molecule has 1 N–H and O–H groups in total. The zero-order chi connectivity index (χ0) is 17.5. The summed E-state index contributed by atoms with van der Waals surface area (Å²) >= 11 is 5.97. The number of carbonyl (C=O) groups is 1. The molecule has 0 heterocycles. The van der Waals surface area contributed by atoms with Crippen molar-refractivity contribution < 1.29 is 14.3 Å². The summed E-state index contributed by atoms with van der Waals surface area (Å²) in [5.41, 5.74) is 1.39. The third kappa shape index (κ3) is 5.17. The minimum Gasteiger partial charge on any atom is -0.493 e. The van der Waals surface area contributed by atoms with Gasteiger partial charge in [0.15, 0.2) is 0 Å². The van der Waals surface area contributed by atoms with E-state index in [1.165, 1.54) is 0 Å². The third-order valence-corrected chi connectivity index (χ3v) is 3.47. The van der Waals surface area contributed by atoms with Crippen LogP contribution in [0.2, 0.25) is 5.02 Å². The van der Waals surface area contributed by atoms with Gasteiger partial charge < -0.3 is 14.8 Å². The van der Waals surface area contributed by atoms with Gasteiger partial charge in [0.2, 0.25) is 0 Å². The molecule has 0 unspecified atom stereocenters. The van der Waals surface area contributed by atoms with Gasteiger partial charge in [-0.2, -0.15) is 0 Å². The lowest BCUT2D eigenvalue weighted by molar-refractivity contribution is 0.0943. The summed E-state index contributed by atoms with van der Waals surface area (Å²) in [6.07, 6.45) is 0. The molecule has 2 rings (SSSR count). The number of carbonyl (C=O) groups excluding carboxylic acids is 1. The number of rotatable bonds is 7. The Morgan fingerprint density at radius 1 is 1.17 bits per heavy atom. The largest absolute Gasteiger partial charge is 0.493 e. The standard InChI is InChI=1S/C19H22ClNO3/c1-4-23-18-9-8-14(19(22)21-13(2)3)10-15(18)12-24-17-7-5-6-16(20)11-17/h5-11,13H,4,12H2,1-3H3,(H,21,22). The second kappa shape index (κ2) is 8.60. The monoisotopic (exact) mass is 347 g/mol. The number of hydrogen-bond acceptors (Lipinski definition) is 3. The lowest BCUT2D eigenvalue weighted by Gasteiger charge is -2.14. The van der Waals surface area contributed by atoms with Crippen LogP contribution in [0.15, 0.2) is 42.5 Å². The average molecular weight is 348 g/mol. The number of halogens is 1. The van der Waals surface area contributed by atoms with Crippen molar-refractivity contribution in [3.63, 3.8) is 0 Å². The Bertz CT molecular complexity index is 701. The van der Waals surface area contributed by atoms with Crippen molar-refractivity contribution >= 4 is 17.5 Å². The molecule has 4 nitrogen and oxygen atoms in total. The first kappa shape index (κ1) is 18.1. The minimum atomic E-state index is -0.114. The Kier molecular flexibility index (Phi) is 6.50. The second-order valence-corrected chi connectivity index (χ2v) is 6.07. The number of amides is 1. The van der Waals surface area contributed by atoms with Crippen LogP contribution in [-0.4, -0.2) is 18.6 Å². The molecule has 0 saturated heterocycles. The lowest BCUT2D eigenvalue weighted by atomic mass is 10.1. The van der Waals surface area contributed by atoms with E-state index in [9.17, 15) is 4.79 Å². The van der Waals surface area contributed by atoms with E-state index < -0.39 is 0 Å². The van der Waals surface area contributed by atoms with Crippen LogP contribution in [0.3, 0.4) is 0 Å². The fourth-order valence-electron chi connectivity index (χ4n) is 2.19. The van der Waals surface area contributed by atoms with E-state index in [2.05, 4.69) is 5.32 Å². The fraction of sp³-hybridized carbons (Fsp3) is 0.316. The van der Waals surface area contributed by atoms with E-state index in [1.54, 1.807) is 30.3 Å². The predicted octanol–water partition coefficient (Wildman–Crippen LogP) is 4.46. The molecule has 0 aliphatic heterocycles. The van der Waals surface area contributed by atoms with Gasteiger partial charge in [-0.05, 0) is 57.2 Å². The molecule has 0 bridgehead atoms. The molecule has 0 aliphatic carbocycles. The maximum Gasteiger partial charge on any atom is 0.251 e. The highest BCUT2D eigenvalue weighted by Crippen LogP contribution is 2.24. The van der Waals surface area contributed by atoms with E-state index >= 15 is 0 Å². The first-order valence-electron chi connectivity index (χ1n) is 7.94. The number of ether oxygens (including phenoxy) is 2. The van der Waals surface area contributed by atoms with Crippen molar-refractivity contribution in [2.24, 2.45) is 0 Å². The van der Waals surface area contributed by atoms with Crippen molar-refractivity contribution in [3.8, 4) is 11.5 Å². The quantitative estimate of drug-likeness (QED) is 0.804. The normalized spacial score (nSPS) is 10.5. The van der Waals surface area contributed by atoms with Crippen LogP contribution in [0, 0.1) is 0 Å². The van der Waals surface area contributed by atoms with E-state index in [4.69, 9.17) is 21.1 Å². The maximum atomic E-state index is 12.2. The summed E-state index contributed by atoms with van der Waals surface area (Å²) in [5.74, 6) is 1.26. The van der Waals surface area contributed by atoms with Gasteiger partial charge in [-0.3, -0.25) is 4.79 Å². The summed E-state index contributed by atoms with van der Waals surface area (Å²) in [6, 6.07) is 12.6.